The molecule has 4 rings (SSSR count). The second kappa shape index (κ2) is 6.47. The Morgan fingerprint density at radius 3 is 2.48 bits per heavy atom. The van der Waals surface area contributed by atoms with E-state index < -0.39 is 5.92 Å². The summed E-state index contributed by atoms with van der Waals surface area (Å²) < 4.78 is 28.3. The zero-order valence-electron chi connectivity index (χ0n) is 14.4. The van der Waals surface area contributed by atoms with Crippen LogP contribution < -0.4 is 0 Å². The lowest BCUT2D eigenvalue weighted by Gasteiger charge is -2.31. The van der Waals surface area contributed by atoms with E-state index in [-0.39, 0.29) is 31.8 Å². The highest BCUT2D eigenvalue weighted by atomic mass is 19.3. The van der Waals surface area contributed by atoms with E-state index in [1.165, 1.54) is 4.90 Å². The number of pyridine rings is 1. The molecule has 0 saturated carbocycles. The average Bonchev–Trinajstić information content (AvgIpc) is 3.10. The Balaban J connectivity index is 1.60. The van der Waals surface area contributed by atoms with Crippen LogP contribution in [0, 0.1) is 11.3 Å². The number of piperidine rings is 1. The first-order valence-electron chi connectivity index (χ1n) is 8.61. The van der Waals surface area contributed by atoms with E-state index in [4.69, 9.17) is 5.26 Å². The highest BCUT2D eigenvalue weighted by molar-refractivity contribution is 5.95. The van der Waals surface area contributed by atoms with Gasteiger partial charge in [-0.25, -0.2) is 13.8 Å². The van der Waals surface area contributed by atoms with Crippen molar-refractivity contribution >= 4 is 11.4 Å². The molecule has 0 bridgehead atoms. The summed E-state index contributed by atoms with van der Waals surface area (Å²) in [5, 5.41) is 8.90. The van der Waals surface area contributed by atoms with Crippen LogP contribution in [-0.4, -0.2) is 39.2 Å². The number of nitriles is 1. The quantitative estimate of drug-likeness (QED) is 0.694. The topological polar surface area (TPSA) is 61.4 Å². The molecule has 136 valence electrons. The molecule has 7 heteroatoms. The number of alkyl halides is 2. The Morgan fingerprint density at radius 2 is 1.81 bits per heavy atom. The maximum absolute atomic E-state index is 13.3. The molecule has 2 aromatic heterocycles. The molecule has 3 heterocycles. The van der Waals surface area contributed by atoms with Gasteiger partial charge in [0.25, 0.3) is 11.8 Å². The Hall–Kier alpha value is -3.27. The van der Waals surface area contributed by atoms with Gasteiger partial charge in [-0.1, -0.05) is 12.1 Å². The van der Waals surface area contributed by atoms with Crippen LogP contribution >= 0.6 is 0 Å². The van der Waals surface area contributed by atoms with E-state index in [1.807, 2.05) is 12.1 Å². The van der Waals surface area contributed by atoms with Crippen molar-refractivity contribution < 1.29 is 13.6 Å². The molecule has 1 aromatic carbocycles. The van der Waals surface area contributed by atoms with Crippen LogP contribution in [0.5, 0.6) is 0 Å². The van der Waals surface area contributed by atoms with Crippen molar-refractivity contribution in [3.63, 3.8) is 0 Å². The van der Waals surface area contributed by atoms with Crippen LogP contribution in [0.1, 0.15) is 28.8 Å². The Morgan fingerprint density at radius 1 is 1.11 bits per heavy atom. The zero-order valence-corrected chi connectivity index (χ0v) is 14.4. The molecular weight excluding hydrogens is 350 g/mol. The second-order valence-electron chi connectivity index (χ2n) is 6.64. The lowest BCUT2D eigenvalue weighted by molar-refractivity contribution is -0.0494. The zero-order chi connectivity index (χ0) is 19.0. The molecule has 27 heavy (non-hydrogen) atoms. The third-order valence-corrected chi connectivity index (χ3v) is 4.85. The molecule has 0 radical (unpaired) electrons. The van der Waals surface area contributed by atoms with Crippen LogP contribution in [-0.2, 0) is 0 Å². The van der Waals surface area contributed by atoms with Gasteiger partial charge in [0.1, 0.15) is 0 Å². The van der Waals surface area contributed by atoms with E-state index in [9.17, 15) is 13.6 Å². The number of likely N-dealkylation sites (tertiary alicyclic amines) is 1. The van der Waals surface area contributed by atoms with Gasteiger partial charge < -0.3 is 9.30 Å². The van der Waals surface area contributed by atoms with Gasteiger partial charge >= 0.3 is 0 Å². The number of fused-ring (bicyclic) bond motifs is 1. The van der Waals surface area contributed by atoms with Gasteiger partial charge in [0.05, 0.1) is 34.7 Å². The minimum Gasteiger partial charge on any atom is -0.338 e. The summed E-state index contributed by atoms with van der Waals surface area (Å²) in [5.74, 6) is -2.93. The molecule has 0 unspecified atom stereocenters. The third-order valence-electron chi connectivity index (χ3n) is 4.85. The summed E-state index contributed by atoms with van der Waals surface area (Å²) in [6.45, 7) is 0.120. The second-order valence-corrected chi connectivity index (χ2v) is 6.64. The van der Waals surface area contributed by atoms with Gasteiger partial charge in [0.15, 0.2) is 0 Å². The first kappa shape index (κ1) is 17.2. The summed E-state index contributed by atoms with van der Waals surface area (Å²) in [6.07, 6.45) is 2.69. The monoisotopic (exact) mass is 366 g/mol. The fourth-order valence-corrected chi connectivity index (χ4v) is 3.27. The minimum atomic E-state index is -2.68. The number of amides is 1. The van der Waals surface area contributed by atoms with Crippen LogP contribution in [0.2, 0.25) is 0 Å². The van der Waals surface area contributed by atoms with Crippen LogP contribution in [0.25, 0.3) is 16.8 Å². The van der Waals surface area contributed by atoms with E-state index in [2.05, 4.69) is 11.1 Å². The third kappa shape index (κ3) is 3.26. The first-order valence-corrected chi connectivity index (χ1v) is 8.61. The number of rotatable bonds is 2. The number of benzene rings is 1. The van der Waals surface area contributed by atoms with Gasteiger partial charge in [-0.05, 0) is 24.3 Å². The van der Waals surface area contributed by atoms with Gasteiger partial charge in [0.2, 0.25) is 0 Å². The molecule has 5 nitrogen and oxygen atoms in total. The largest absolute Gasteiger partial charge is 0.338 e. The van der Waals surface area contributed by atoms with Crippen LogP contribution in [0.15, 0.2) is 48.9 Å². The van der Waals surface area contributed by atoms with Crippen molar-refractivity contribution in [2.75, 3.05) is 13.1 Å². The Bertz CT molecular complexity index is 1040. The number of nitrogens with zero attached hydrogens (tertiary/aromatic N) is 4. The van der Waals surface area contributed by atoms with Crippen molar-refractivity contribution in [2.24, 2.45) is 0 Å². The van der Waals surface area contributed by atoms with Gasteiger partial charge in [-0.2, -0.15) is 5.26 Å². The van der Waals surface area contributed by atoms with Gasteiger partial charge in [-0.3, -0.25) is 4.79 Å². The van der Waals surface area contributed by atoms with Crippen molar-refractivity contribution in [3.8, 4) is 17.3 Å². The van der Waals surface area contributed by atoms with Crippen molar-refractivity contribution in [2.45, 2.75) is 18.8 Å². The highest BCUT2D eigenvalue weighted by Crippen LogP contribution is 2.29. The molecule has 0 spiro atoms. The predicted molar refractivity (Wildman–Crippen MR) is 95.4 cm³/mol. The number of hydrogen-bond donors (Lipinski definition) is 0. The lowest BCUT2D eigenvalue weighted by atomic mass is 10.1. The number of carbonyl (C=O) groups is 1. The van der Waals surface area contributed by atoms with Gasteiger partial charge in [0, 0.05) is 37.7 Å². The van der Waals surface area contributed by atoms with Crippen LogP contribution in [0.4, 0.5) is 8.78 Å². The molecule has 0 N–H and O–H groups in total. The standard InChI is InChI=1S/C20H16F2N4O/c21-20(22)7-9-25(10-8-20)19(27)16-5-6-17-18(24-13-26(17)12-16)15-3-1-14(11-23)2-4-15/h1-6,12-13H,7-10H2. The average molecular weight is 366 g/mol. The summed E-state index contributed by atoms with van der Waals surface area (Å²) in [5.41, 5.74) is 3.45. The molecule has 1 amide bonds. The maximum Gasteiger partial charge on any atom is 0.255 e. The SMILES string of the molecule is N#Cc1ccc(-c2ncn3cc(C(=O)N4CCC(F)(F)CC4)ccc23)cc1. The fraction of sp³-hybridized carbons (Fsp3) is 0.250. The van der Waals surface area contributed by atoms with Crippen molar-refractivity contribution in [1.29, 1.82) is 5.26 Å². The highest BCUT2D eigenvalue weighted by Gasteiger charge is 2.35. The normalized spacial score (nSPS) is 16.3. The molecule has 1 saturated heterocycles. The van der Waals surface area contributed by atoms with Gasteiger partial charge in [-0.15, -0.1) is 0 Å². The Kier molecular flexibility index (Phi) is 4.11. The molecule has 0 atom stereocenters. The molecule has 3 aromatic rings. The van der Waals surface area contributed by atoms with E-state index in [0.29, 0.717) is 11.1 Å². The van der Waals surface area contributed by atoms with Crippen molar-refractivity contribution in [3.05, 3.63) is 60.0 Å². The Labute approximate surface area is 154 Å². The summed E-state index contributed by atoms with van der Waals surface area (Å²) in [4.78, 5) is 18.5. The molecular formula is C20H16F2N4O. The van der Waals surface area contributed by atoms with E-state index in [0.717, 1.165) is 16.8 Å². The lowest BCUT2D eigenvalue weighted by Crippen LogP contribution is -2.42. The number of hydrogen-bond acceptors (Lipinski definition) is 3. The number of aromatic nitrogens is 2. The first-order chi connectivity index (χ1) is 13.0. The van der Waals surface area contributed by atoms with E-state index >= 15 is 0 Å². The number of imidazole rings is 1. The fourth-order valence-electron chi connectivity index (χ4n) is 3.27. The summed E-state index contributed by atoms with van der Waals surface area (Å²) in [7, 11) is 0. The van der Waals surface area contributed by atoms with Crippen molar-refractivity contribution in [1.82, 2.24) is 14.3 Å². The summed E-state index contributed by atoms with van der Waals surface area (Å²) >= 11 is 0. The van der Waals surface area contributed by atoms with Crippen LogP contribution in [0.3, 0.4) is 0 Å². The molecule has 1 fully saturated rings. The molecule has 1 aliphatic heterocycles. The predicted octanol–water partition coefficient (Wildman–Crippen LogP) is 3.74. The summed E-state index contributed by atoms with van der Waals surface area (Å²) in [6, 6.07) is 12.7. The molecule has 0 aliphatic carbocycles. The molecule has 1 aliphatic rings. The number of carbonyl (C=O) groups excluding carboxylic acids is 1. The minimum absolute atomic E-state index is 0.0598. The maximum atomic E-state index is 13.3. The number of halogens is 2. The smallest absolute Gasteiger partial charge is 0.255 e. The van der Waals surface area contributed by atoms with E-state index in [1.54, 1.807) is 41.2 Å².